The number of aromatic nitrogens is 4. The highest BCUT2D eigenvalue weighted by atomic mass is 32.1. The number of fused-ring (bicyclic) bond motifs is 4. The first-order valence-electron chi connectivity index (χ1n) is 15.1. The average Bonchev–Trinajstić information content (AvgIpc) is 3.74. The summed E-state index contributed by atoms with van der Waals surface area (Å²) in [4.78, 5) is 20.3. The fraction of sp³-hybridized carbons (Fsp3) is 0. The van der Waals surface area contributed by atoms with Crippen molar-refractivity contribution in [2.24, 2.45) is 0 Å². The van der Waals surface area contributed by atoms with Crippen molar-refractivity contribution in [3.8, 4) is 55.9 Å². The number of thiazole rings is 1. The Labute approximate surface area is 273 Å². The van der Waals surface area contributed by atoms with Crippen molar-refractivity contribution in [2.75, 3.05) is 0 Å². The molecule has 0 N–H and O–H groups in total. The van der Waals surface area contributed by atoms with Crippen LogP contribution in [0, 0.1) is 0 Å². The van der Waals surface area contributed by atoms with E-state index >= 15 is 0 Å². The Kier molecular flexibility index (Phi) is 6.47. The zero-order valence-corrected chi connectivity index (χ0v) is 26.1. The molecule has 6 aromatic carbocycles. The van der Waals surface area contributed by atoms with Gasteiger partial charge in [0.15, 0.2) is 17.5 Å². The van der Waals surface area contributed by atoms with Crippen molar-refractivity contribution >= 4 is 53.1 Å². The van der Waals surface area contributed by atoms with Crippen LogP contribution in [0.5, 0.6) is 0 Å². The van der Waals surface area contributed by atoms with Crippen LogP contribution in [0.15, 0.2) is 146 Å². The standard InChI is InChI=1S/C40H24N4S2/c1-3-12-25(13-4-1)27-16-9-17-28(24-27)38-42-37(26-14-5-2-6-15-26)43-39(44-38)30-19-11-23-34-35(30)29-18-10-20-31(36(29)45-34)40-41-32-21-7-8-22-33(32)46-40/h1-24H. The van der Waals surface area contributed by atoms with Crippen LogP contribution in [0.25, 0.3) is 86.3 Å². The molecule has 6 heteroatoms. The molecule has 0 radical (unpaired) electrons. The molecule has 0 fully saturated rings. The zero-order valence-electron chi connectivity index (χ0n) is 24.5. The van der Waals surface area contributed by atoms with Crippen LogP contribution in [0.3, 0.4) is 0 Å². The minimum absolute atomic E-state index is 0.647. The third-order valence-corrected chi connectivity index (χ3v) is 10.5. The summed E-state index contributed by atoms with van der Waals surface area (Å²) in [5.74, 6) is 1.95. The van der Waals surface area contributed by atoms with Gasteiger partial charge in [0.25, 0.3) is 0 Å². The molecule has 0 saturated heterocycles. The Balaban J connectivity index is 1.25. The lowest BCUT2D eigenvalue weighted by Gasteiger charge is -2.10. The van der Waals surface area contributed by atoms with Gasteiger partial charge in [0.1, 0.15) is 5.01 Å². The average molecular weight is 625 g/mol. The Bertz CT molecular complexity index is 2500. The summed E-state index contributed by atoms with van der Waals surface area (Å²) in [6.07, 6.45) is 0. The largest absolute Gasteiger partial charge is 0.236 e. The van der Waals surface area contributed by atoms with Gasteiger partial charge >= 0.3 is 0 Å². The summed E-state index contributed by atoms with van der Waals surface area (Å²) < 4.78 is 3.60. The van der Waals surface area contributed by atoms with Crippen LogP contribution in [0.2, 0.25) is 0 Å². The molecule has 0 bridgehead atoms. The van der Waals surface area contributed by atoms with Crippen molar-refractivity contribution in [3.05, 3.63) is 146 Å². The highest BCUT2D eigenvalue weighted by Crippen LogP contribution is 2.44. The third kappa shape index (κ3) is 4.67. The maximum absolute atomic E-state index is 5.15. The van der Waals surface area contributed by atoms with E-state index in [2.05, 4.69) is 103 Å². The second-order valence-corrected chi connectivity index (χ2v) is 13.2. The van der Waals surface area contributed by atoms with Crippen LogP contribution in [-0.2, 0) is 0 Å². The highest BCUT2D eigenvalue weighted by Gasteiger charge is 2.19. The van der Waals surface area contributed by atoms with Crippen molar-refractivity contribution < 1.29 is 0 Å². The number of thiophene rings is 1. The van der Waals surface area contributed by atoms with E-state index in [4.69, 9.17) is 19.9 Å². The molecule has 0 aliphatic heterocycles. The highest BCUT2D eigenvalue weighted by molar-refractivity contribution is 7.27. The molecular formula is C40H24N4S2. The van der Waals surface area contributed by atoms with Crippen molar-refractivity contribution in [1.29, 1.82) is 0 Å². The first-order valence-corrected chi connectivity index (χ1v) is 16.7. The van der Waals surface area contributed by atoms with Gasteiger partial charge in [-0.2, -0.15) is 0 Å². The lowest BCUT2D eigenvalue weighted by molar-refractivity contribution is 1.08. The normalized spacial score (nSPS) is 11.5. The van der Waals surface area contributed by atoms with Crippen molar-refractivity contribution in [3.63, 3.8) is 0 Å². The van der Waals surface area contributed by atoms with E-state index in [0.29, 0.717) is 17.5 Å². The molecule has 4 nitrogen and oxygen atoms in total. The zero-order chi connectivity index (χ0) is 30.5. The van der Waals surface area contributed by atoms with Crippen molar-refractivity contribution in [2.45, 2.75) is 0 Å². The Morgan fingerprint density at radius 1 is 0.391 bits per heavy atom. The Morgan fingerprint density at radius 3 is 1.83 bits per heavy atom. The minimum atomic E-state index is 0.647. The number of benzene rings is 6. The summed E-state index contributed by atoms with van der Waals surface area (Å²) >= 11 is 3.53. The quantitative estimate of drug-likeness (QED) is 0.191. The monoisotopic (exact) mass is 624 g/mol. The number of hydrogen-bond donors (Lipinski definition) is 0. The Morgan fingerprint density at radius 2 is 1.00 bits per heavy atom. The van der Waals surface area contributed by atoms with E-state index in [1.807, 2.05) is 42.5 Å². The smallest absolute Gasteiger partial charge is 0.164 e. The third-order valence-electron chi connectivity index (χ3n) is 8.18. The molecule has 0 spiro atoms. The van der Waals surface area contributed by atoms with Gasteiger partial charge in [-0.3, -0.25) is 0 Å². The van der Waals surface area contributed by atoms with Gasteiger partial charge in [-0.05, 0) is 35.4 Å². The second-order valence-electron chi connectivity index (χ2n) is 11.1. The predicted molar refractivity (Wildman–Crippen MR) is 193 cm³/mol. The van der Waals surface area contributed by atoms with E-state index in [1.54, 1.807) is 22.7 Å². The van der Waals surface area contributed by atoms with E-state index in [0.717, 1.165) is 49.3 Å². The molecule has 0 amide bonds. The van der Waals surface area contributed by atoms with Crippen LogP contribution < -0.4 is 0 Å². The lowest BCUT2D eigenvalue weighted by Crippen LogP contribution is -2.00. The number of nitrogens with zero attached hydrogens (tertiary/aromatic N) is 4. The fourth-order valence-corrected chi connectivity index (χ4v) is 8.31. The second kappa shape index (κ2) is 11.1. The van der Waals surface area contributed by atoms with Crippen LogP contribution >= 0.6 is 22.7 Å². The molecule has 46 heavy (non-hydrogen) atoms. The molecule has 3 heterocycles. The maximum atomic E-state index is 5.15. The van der Waals surface area contributed by atoms with Gasteiger partial charge in [-0.15, -0.1) is 22.7 Å². The molecule has 3 aromatic heterocycles. The summed E-state index contributed by atoms with van der Waals surface area (Å²) in [6.45, 7) is 0. The van der Waals surface area contributed by atoms with Crippen molar-refractivity contribution in [1.82, 2.24) is 19.9 Å². The van der Waals surface area contributed by atoms with E-state index in [9.17, 15) is 0 Å². The van der Waals surface area contributed by atoms with Crippen LogP contribution in [0.4, 0.5) is 0 Å². The maximum Gasteiger partial charge on any atom is 0.164 e. The van der Waals surface area contributed by atoms with E-state index in [1.165, 1.54) is 19.5 Å². The molecule has 0 aliphatic carbocycles. The van der Waals surface area contributed by atoms with Gasteiger partial charge < -0.3 is 0 Å². The minimum Gasteiger partial charge on any atom is -0.236 e. The molecule has 0 aliphatic rings. The molecule has 216 valence electrons. The number of rotatable bonds is 5. The van der Waals surface area contributed by atoms with Gasteiger partial charge in [-0.1, -0.05) is 121 Å². The van der Waals surface area contributed by atoms with E-state index in [-0.39, 0.29) is 0 Å². The first-order chi connectivity index (χ1) is 22.8. The summed E-state index contributed by atoms with van der Waals surface area (Å²) in [5.41, 5.74) is 7.35. The van der Waals surface area contributed by atoms with Gasteiger partial charge in [0, 0.05) is 42.4 Å². The topological polar surface area (TPSA) is 51.6 Å². The molecule has 0 atom stereocenters. The van der Waals surface area contributed by atoms with Gasteiger partial charge in [0.05, 0.1) is 10.2 Å². The van der Waals surface area contributed by atoms with Gasteiger partial charge in [0.2, 0.25) is 0 Å². The van der Waals surface area contributed by atoms with Crippen LogP contribution in [-0.4, -0.2) is 19.9 Å². The summed E-state index contributed by atoms with van der Waals surface area (Å²) in [5, 5.41) is 3.37. The molecule has 0 unspecified atom stereocenters. The summed E-state index contributed by atoms with van der Waals surface area (Å²) in [7, 11) is 0. The first kappa shape index (κ1) is 26.8. The van der Waals surface area contributed by atoms with E-state index < -0.39 is 0 Å². The Hall–Kier alpha value is -5.56. The lowest BCUT2D eigenvalue weighted by atomic mass is 10.0. The number of para-hydroxylation sites is 1. The SMILES string of the molecule is c1ccc(-c2cccc(-c3nc(-c4ccccc4)nc(-c4cccc5sc6c(-c7nc8ccccc8s7)cccc6c45)n3)c2)cc1. The molecule has 9 rings (SSSR count). The fourth-order valence-electron chi connectivity index (χ4n) is 6.00. The predicted octanol–water partition coefficient (Wildman–Crippen LogP) is 11.2. The summed E-state index contributed by atoms with van der Waals surface area (Å²) in [6, 6.07) is 50.3. The molecular weight excluding hydrogens is 601 g/mol. The number of hydrogen-bond acceptors (Lipinski definition) is 6. The van der Waals surface area contributed by atoms with Gasteiger partial charge in [-0.25, -0.2) is 19.9 Å². The molecule has 9 aromatic rings. The van der Waals surface area contributed by atoms with Crippen LogP contribution in [0.1, 0.15) is 0 Å². The molecule has 0 saturated carbocycles.